The van der Waals surface area contributed by atoms with Gasteiger partial charge in [0.05, 0.1) is 28.0 Å². The summed E-state index contributed by atoms with van der Waals surface area (Å²) in [7, 11) is 0. The number of fused-ring (bicyclic) bond motifs is 2. The van der Waals surface area contributed by atoms with Gasteiger partial charge in [-0.25, -0.2) is 0 Å². The fourth-order valence-corrected chi connectivity index (χ4v) is 21.4. The molecule has 320 valence electrons. The lowest BCUT2D eigenvalue weighted by Gasteiger charge is -2.04. The van der Waals surface area contributed by atoms with Crippen molar-refractivity contribution in [3.63, 3.8) is 0 Å². The second-order valence-corrected chi connectivity index (χ2v) is 26.6. The molecule has 60 heavy (non-hydrogen) atoms. The summed E-state index contributed by atoms with van der Waals surface area (Å²) in [4.78, 5) is 17.9. The van der Waals surface area contributed by atoms with Crippen molar-refractivity contribution in [3.05, 3.63) is 76.5 Å². The molecule has 8 rings (SSSR count). The van der Waals surface area contributed by atoms with Crippen LogP contribution in [0.25, 0.3) is 39.0 Å². The molecule has 0 saturated carbocycles. The van der Waals surface area contributed by atoms with E-state index in [4.69, 9.17) is 0 Å². The predicted octanol–water partition coefficient (Wildman–Crippen LogP) is 21.4. The molecule has 10 heteroatoms. The first-order valence-corrected chi connectivity index (χ1v) is 31.1. The number of aryl methyl sites for hydroxylation is 4. The van der Waals surface area contributed by atoms with E-state index in [9.17, 15) is 0 Å². The highest BCUT2D eigenvalue weighted by molar-refractivity contribution is 8.30. The lowest BCUT2D eigenvalue weighted by atomic mass is 10.1. The molecule has 0 bridgehead atoms. The van der Waals surface area contributed by atoms with Gasteiger partial charge in [-0.2, -0.15) is 0 Å². The molecular weight excluding hydrogens is 921 g/mol. The van der Waals surface area contributed by atoms with E-state index in [-0.39, 0.29) is 0 Å². The highest BCUT2D eigenvalue weighted by Crippen LogP contribution is 2.69. The van der Waals surface area contributed by atoms with Gasteiger partial charge in [0.15, 0.2) is 0 Å². The van der Waals surface area contributed by atoms with Crippen LogP contribution in [-0.4, -0.2) is 0 Å². The Morgan fingerprint density at radius 2 is 0.567 bits per heavy atom. The van der Waals surface area contributed by atoms with Gasteiger partial charge in [-0.05, 0) is 119 Å². The van der Waals surface area contributed by atoms with Gasteiger partial charge in [-0.3, -0.25) is 0 Å². The minimum atomic E-state index is 1.20. The summed E-state index contributed by atoms with van der Waals surface area (Å²) in [6.07, 6.45) is 25.9. The molecule has 0 amide bonds. The molecule has 8 heterocycles. The van der Waals surface area contributed by atoms with Crippen LogP contribution in [-0.2, 0) is 25.7 Å². The van der Waals surface area contributed by atoms with Crippen LogP contribution in [0, 0.1) is 0 Å². The second kappa shape index (κ2) is 23.0. The number of unbranched alkanes of at least 4 members (excludes halogenated alkanes) is 12. The fourth-order valence-electron chi connectivity index (χ4n) is 7.93. The lowest BCUT2D eigenvalue weighted by molar-refractivity contribution is 0.667. The number of thiophene rings is 6. The summed E-state index contributed by atoms with van der Waals surface area (Å²) >= 11 is 20.3. The maximum atomic E-state index is 2.53. The van der Waals surface area contributed by atoms with E-state index in [2.05, 4.69) is 143 Å². The Labute approximate surface area is 402 Å². The monoisotopic (exact) mass is 980 g/mol. The third-order valence-electron chi connectivity index (χ3n) is 11.4. The highest BCUT2D eigenvalue weighted by Gasteiger charge is 2.37. The Hall–Kier alpha value is -0.660. The van der Waals surface area contributed by atoms with Crippen molar-refractivity contribution in [2.45, 2.75) is 176 Å². The van der Waals surface area contributed by atoms with E-state index in [1.807, 2.05) is 45.3 Å². The van der Waals surface area contributed by atoms with Crippen molar-refractivity contribution in [2.75, 3.05) is 0 Å². The average molecular weight is 982 g/mol. The van der Waals surface area contributed by atoms with Gasteiger partial charge in [0.1, 0.15) is 0 Å². The molecule has 0 N–H and O–H groups in total. The first-order valence-electron chi connectivity index (χ1n) is 22.7. The molecule has 2 aliphatic rings. The van der Waals surface area contributed by atoms with Gasteiger partial charge in [-0.1, -0.05) is 152 Å². The van der Waals surface area contributed by atoms with Gasteiger partial charge in [0, 0.05) is 39.1 Å². The summed E-state index contributed by atoms with van der Waals surface area (Å²) in [5.41, 5.74) is 6.10. The zero-order valence-corrected chi connectivity index (χ0v) is 44.0. The largest absolute Gasteiger partial charge is 0.143 e. The molecule has 0 fully saturated rings. The van der Waals surface area contributed by atoms with E-state index in [0.29, 0.717) is 0 Å². The van der Waals surface area contributed by atoms with Crippen molar-refractivity contribution in [1.82, 2.24) is 0 Å². The van der Waals surface area contributed by atoms with Crippen molar-refractivity contribution < 1.29 is 0 Å². The average Bonchev–Trinajstić information content (AvgIpc) is 4.11. The van der Waals surface area contributed by atoms with E-state index >= 15 is 0 Å². The summed E-state index contributed by atoms with van der Waals surface area (Å²) in [5.74, 6) is 0. The van der Waals surface area contributed by atoms with Crippen LogP contribution in [0.4, 0.5) is 0 Å². The minimum Gasteiger partial charge on any atom is -0.143 e. The van der Waals surface area contributed by atoms with Crippen LogP contribution in [0.15, 0.2) is 73.8 Å². The molecule has 0 unspecified atom stereocenters. The third kappa shape index (κ3) is 11.2. The maximum absolute atomic E-state index is 2.53. The number of thioether (sulfide) groups is 4. The normalized spacial score (nSPS) is 13.7. The first kappa shape index (κ1) is 45.9. The summed E-state index contributed by atoms with van der Waals surface area (Å²) in [6, 6.07) is 10.1. The number of hydrogen-bond donors (Lipinski definition) is 0. The fraction of sp³-hybridized carbons (Fsp3) is 0.480. The Kier molecular flexibility index (Phi) is 17.6. The molecule has 6 aromatic heterocycles. The zero-order chi connectivity index (χ0) is 41.3. The number of rotatable bonds is 24. The molecule has 0 atom stereocenters. The standard InChI is InChI=1S/C50H60S10/c1-5-9-13-17-21-33-25-37(51-29-33)41-45-46(42(55-41)38-26-34(30-52-38)22-18-14-10-6-2)58-49(57-45)50-59-47-43(39-27-35(31-53-39)23-19-15-11-7-3)56-44(48(47)60-50)40-28-36(32-54-40)24-20-16-12-8-4/h25-32H,5-24H2,1-4H3. The molecule has 0 nitrogen and oxygen atoms in total. The SMILES string of the molecule is CCCCCCc1csc(-c2sc(-c3cc(CCCCCC)cs3)c3c2SC(=C2Sc4c(-c5cc(CCCCCC)cs5)sc(-c5cc(CCCCCC)cs5)c4S2)S3)c1. The van der Waals surface area contributed by atoms with Crippen molar-refractivity contribution in [1.29, 1.82) is 0 Å². The summed E-state index contributed by atoms with van der Waals surface area (Å²) in [5, 5.41) is 9.80. The highest BCUT2D eigenvalue weighted by atomic mass is 32.2. The summed E-state index contributed by atoms with van der Waals surface area (Å²) in [6.45, 7) is 9.24. The van der Waals surface area contributed by atoms with E-state index in [1.54, 1.807) is 0 Å². The van der Waals surface area contributed by atoms with Crippen molar-refractivity contribution in [3.8, 4) is 39.0 Å². The van der Waals surface area contributed by atoms with E-state index in [1.165, 1.54) is 218 Å². The van der Waals surface area contributed by atoms with Crippen LogP contribution in [0.5, 0.6) is 0 Å². The first-order chi connectivity index (χ1) is 29.6. The Balaban J connectivity index is 1.10. The maximum Gasteiger partial charge on any atom is 0.0707 e. The van der Waals surface area contributed by atoms with Gasteiger partial charge in [-0.15, -0.1) is 68.0 Å². The van der Waals surface area contributed by atoms with Gasteiger partial charge in [0.2, 0.25) is 0 Å². The van der Waals surface area contributed by atoms with E-state index in [0.717, 1.165) is 0 Å². The number of hydrogen-bond acceptors (Lipinski definition) is 10. The van der Waals surface area contributed by atoms with Gasteiger partial charge < -0.3 is 0 Å². The molecule has 0 aromatic carbocycles. The molecule has 0 saturated heterocycles. The van der Waals surface area contributed by atoms with Gasteiger partial charge >= 0.3 is 0 Å². The quantitative estimate of drug-likeness (QED) is 0.0554. The van der Waals surface area contributed by atoms with Crippen LogP contribution >= 0.6 is 115 Å². The third-order valence-corrected chi connectivity index (χ3v) is 24.7. The van der Waals surface area contributed by atoms with E-state index < -0.39 is 0 Å². The summed E-state index contributed by atoms with van der Waals surface area (Å²) < 4.78 is 2.98. The van der Waals surface area contributed by atoms with Crippen molar-refractivity contribution in [2.24, 2.45) is 0 Å². The Morgan fingerprint density at radius 3 is 0.800 bits per heavy atom. The van der Waals surface area contributed by atoms with Gasteiger partial charge in [0.25, 0.3) is 0 Å². The Morgan fingerprint density at radius 1 is 0.317 bits per heavy atom. The lowest BCUT2D eigenvalue weighted by Crippen LogP contribution is -1.82. The molecule has 0 aliphatic carbocycles. The topological polar surface area (TPSA) is 0 Å². The van der Waals surface area contributed by atoms with Crippen LogP contribution < -0.4 is 0 Å². The van der Waals surface area contributed by atoms with Crippen LogP contribution in [0.1, 0.15) is 153 Å². The smallest absolute Gasteiger partial charge is 0.0707 e. The van der Waals surface area contributed by atoms with Crippen LogP contribution in [0.3, 0.4) is 0 Å². The minimum absolute atomic E-state index is 1.20. The zero-order valence-electron chi connectivity index (χ0n) is 35.8. The predicted molar refractivity (Wildman–Crippen MR) is 284 cm³/mol. The van der Waals surface area contributed by atoms with Crippen LogP contribution in [0.2, 0.25) is 0 Å². The molecule has 0 spiro atoms. The second-order valence-electron chi connectivity index (χ2n) is 16.3. The molecule has 0 radical (unpaired) electrons. The van der Waals surface area contributed by atoms with Crippen molar-refractivity contribution >= 4 is 115 Å². The molecule has 2 aliphatic heterocycles. The molecular formula is C50H60S10. The Bertz CT molecular complexity index is 2000. The molecule has 6 aromatic rings.